The monoisotopic (exact) mass is 312 g/mol. The van der Waals surface area contributed by atoms with Crippen LogP contribution in [0.3, 0.4) is 0 Å². The van der Waals surface area contributed by atoms with E-state index < -0.39 is 0 Å². The number of rotatable bonds is 5. The van der Waals surface area contributed by atoms with Gasteiger partial charge in [0.1, 0.15) is 0 Å². The molecule has 1 aromatic carbocycles. The number of ether oxygens (including phenoxy) is 1. The number of hydrogen-bond donors (Lipinski definition) is 0. The van der Waals surface area contributed by atoms with Gasteiger partial charge in [0.05, 0.1) is 16.8 Å². The Hall–Kier alpha value is -1.17. The maximum Gasteiger partial charge on any atom is 0.248 e. The molecule has 20 heavy (non-hydrogen) atoms. The van der Waals surface area contributed by atoms with E-state index in [2.05, 4.69) is 4.99 Å². The van der Waals surface area contributed by atoms with Crippen molar-refractivity contribution in [1.29, 1.82) is 0 Å². The maximum atomic E-state index is 11.6. The number of halogens is 1. The highest BCUT2D eigenvalue weighted by molar-refractivity contribution is 7.16. The van der Waals surface area contributed by atoms with Crippen molar-refractivity contribution < 1.29 is 9.53 Å². The summed E-state index contributed by atoms with van der Waals surface area (Å²) in [5.74, 6) is -0.118. The van der Waals surface area contributed by atoms with Crippen LogP contribution in [0.25, 0.3) is 10.2 Å². The molecule has 0 atom stereocenters. The van der Waals surface area contributed by atoms with Crippen molar-refractivity contribution >= 4 is 39.1 Å². The first-order chi connectivity index (χ1) is 9.65. The predicted molar refractivity (Wildman–Crippen MR) is 82.2 cm³/mol. The molecular weight excluding hydrogens is 296 g/mol. The summed E-state index contributed by atoms with van der Waals surface area (Å²) in [4.78, 5) is 16.4. The molecular formula is C14H17ClN2O2S. The minimum Gasteiger partial charge on any atom is -0.380 e. The average molecular weight is 313 g/mol. The van der Waals surface area contributed by atoms with Crippen molar-refractivity contribution in [3.63, 3.8) is 0 Å². The number of carbonyl (C=O) groups is 1. The van der Waals surface area contributed by atoms with Crippen LogP contribution >= 0.6 is 22.9 Å². The number of fused-ring (bicyclic) bond motifs is 1. The Morgan fingerprint density at radius 2 is 2.25 bits per heavy atom. The fraction of sp³-hybridized carbons (Fsp3) is 0.429. The molecule has 108 valence electrons. The standard InChI is InChI=1S/C14H17ClN2O2S/c1-3-13(18)16-14-17(7-8-19-4-2)11-6-5-10(15)9-12(11)20-14/h5-6,9H,3-4,7-8H2,1-2H3. The fourth-order valence-electron chi connectivity index (χ4n) is 1.83. The van der Waals surface area contributed by atoms with Crippen molar-refractivity contribution in [3.8, 4) is 0 Å². The Kier molecular flexibility index (Phi) is 5.34. The molecule has 2 aromatic rings. The summed E-state index contributed by atoms with van der Waals surface area (Å²) < 4.78 is 8.44. The van der Waals surface area contributed by atoms with Crippen LogP contribution in [0.2, 0.25) is 5.02 Å². The van der Waals surface area contributed by atoms with Gasteiger partial charge in [0.25, 0.3) is 0 Å². The Morgan fingerprint density at radius 1 is 1.45 bits per heavy atom. The van der Waals surface area contributed by atoms with Crippen molar-refractivity contribution in [2.75, 3.05) is 13.2 Å². The summed E-state index contributed by atoms with van der Waals surface area (Å²) in [6.07, 6.45) is 0.403. The normalized spacial score (nSPS) is 12.2. The number of nitrogens with zero attached hydrogens (tertiary/aromatic N) is 2. The minimum absolute atomic E-state index is 0.118. The molecule has 0 saturated carbocycles. The topological polar surface area (TPSA) is 43.6 Å². The van der Waals surface area contributed by atoms with Crippen molar-refractivity contribution in [3.05, 3.63) is 28.0 Å². The smallest absolute Gasteiger partial charge is 0.248 e. The number of thiazole rings is 1. The van der Waals surface area contributed by atoms with Crippen LogP contribution in [-0.2, 0) is 16.1 Å². The predicted octanol–water partition coefficient (Wildman–Crippen LogP) is 3.23. The first-order valence-electron chi connectivity index (χ1n) is 6.60. The van der Waals surface area contributed by atoms with Gasteiger partial charge in [-0.05, 0) is 25.1 Å². The molecule has 0 unspecified atom stereocenters. The third-order valence-electron chi connectivity index (χ3n) is 2.83. The van der Waals surface area contributed by atoms with E-state index in [4.69, 9.17) is 16.3 Å². The highest BCUT2D eigenvalue weighted by Crippen LogP contribution is 2.21. The Labute approximate surface area is 126 Å². The third-order valence-corrected chi connectivity index (χ3v) is 4.11. The number of hydrogen-bond acceptors (Lipinski definition) is 3. The summed E-state index contributed by atoms with van der Waals surface area (Å²) in [6.45, 7) is 5.71. The van der Waals surface area contributed by atoms with Crippen molar-refractivity contribution in [2.24, 2.45) is 4.99 Å². The van der Waals surface area contributed by atoms with E-state index in [1.807, 2.05) is 29.7 Å². The summed E-state index contributed by atoms with van der Waals surface area (Å²) in [6, 6.07) is 5.70. The summed E-state index contributed by atoms with van der Waals surface area (Å²) >= 11 is 7.49. The second kappa shape index (κ2) is 7.02. The zero-order valence-electron chi connectivity index (χ0n) is 11.6. The Morgan fingerprint density at radius 3 is 2.95 bits per heavy atom. The van der Waals surface area contributed by atoms with Gasteiger partial charge < -0.3 is 9.30 Å². The lowest BCUT2D eigenvalue weighted by Crippen LogP contribution is -2.19. The molecule has 0 aliphatic carbocycles. The summed E-state index contributed by atoms with van der Waals surface area (Å²) in [5, 5.41) is 0.684. The lowest BCUT2D eigenvalue weighted by atomic mass is 10.3. The molecule has 4 nitrogen and oxygen atoms in total. The van der Waals surface area contributed by atoms with Gasteiger partial charge in [-0.1, -0.05) is 29.9 Å². The molecule has 0 aliphatic rings. The minimum atomic E-state index is -0.118. The molecule has 0 fully saturated rings. The zero-order chi connectivity index (χ0) is 14.5. The highest BCUT2D eigenvalue weighted by Gasteiger charge is 2.08. The molecule has 1 amide bonds. The largest absolute Gasteiger partial charge is 0.380 e. The average Bonchev–Trinajstić information content (AvgIpc) is 2.75. The van der Waals surface area contributed by atoms with Crippen LogP contribution in [0.15, 0.2) is 23.2 Å². The van der Waals surface area contributed by atoms with Crippen molar-refractivity contribution in [1.82, 2.24) is 4.57 Å². The van der Waals surface area contributed by atoms with E-state index in [1.165, 1.54) is 11.3 Å². The van der Waals surface area contributed by atoms with Crippen LogP contribution in [0.4, 0.5) is 0 Å². The third kappa shape index (κ3) is 3.48. The van der Waals surface area contributed by atoms with Crippen LogP contribution in [-0.4, -0.2) is 23.7 Å². The van der Waals surface area contributed by atoms with E-state index in [0.717, 1.165) is 10.2 Å². The van der Waals surface area contributed by atoms with Gasteiger partial charge in [0.2, 0.25) is 5.91 Å². The summed E-state index contributed by atoms with van der Waals surface area (Å²) in [7, 11) is 0. The molecule has 2 rings (SSSR count). The second-order valence-electron chi connectivity index (χ2n) is 4.20. The second-order valence-corrected chi connectivity index (χ2v) is 5.65. The van der Waals surface area contributed by atoms with Gasteiger partial charge in [-0.15, -0.1) is 0 Å². The first kappa shape index (κ1) is 15.2. The maximum absolute atomic E-state index is 11.6. The van der Waals surface area contributed by atoms with Gasteiger partial charge in [0, 0.05) is 24.6 Å². The first-order valence-corrected chi connectivity index (χ1v) is 7.79. The van der Waals surface area contributed by atoms with Crippen LogP contribution in [0.5, 0.6) is 0 Å². The molecule has 1 heterocycles. The number of amides is 1. The van der Waals surface area contributed by atoms with E-state index in [9.17, 15) is 4.79 Å². The molecule has 0 bridgehead atoms. The van der Waals surface area contributed by atoms with Gasteiger partial charge in [-0.3, -0.25) is 4.79 Å². The van der Waals surface area contributed by atoms with Crippen LogP contribution in [0.1, 0.15) is 20.3 Å². The zero-order valence-corrected chi connectivity index (χ0v) is 13.1. The number of carbonyl (C=O) groups excluding carboxylic acids is 1. The molecule has 0 N–H and O–H groups in total. The Balaban J connectivity index is 2.50. The SMILES string of the molecule is CCOCCn1c(=NC(=O)CC)sc2cc(Cl)ccc21. The lowest BCUT2D eigenvalue weighted by molar-refractivity contribution is -0.117. The van der Waals surface area contributed by atoms with Gasteiger partial charge in [-0.25, -0.2) is 0 Å². The van der Waals surface area contributed by atoms with Gasteiger partial charge in [0.15, 0.2) is 4.80 Å². The molecule has 0 spiro atoms. The van der Waals surface area contributed by atoms with Crippen LogP contribution < -0.4 is 4.80 Å². The molecule has 0 saturated heterocycles. The molecule has 0 radical (unpaired) electrons. The van der Waals surface area contributed by atoms with Gasteiger partial charge in [-0.2, -0.15) is 4.99 Å². The Bertz CT molecular complexity index is 675. The lowest BCUT2D eigenvalue weighted by Gasteiger charge is -2.05. The number of benzene rings is 1. The van der Waals surface area contributed by atoms with E-state index in [-0.39, 0.29) is 5.91 Å². The van der Waals surface area contributed by atoms with E-state index in [1.54, 1.807) is 6.92 Å². The fourth-order valence-corrected chi connectivity index (χ4v) is 3.18. The molecule has 0 aliphatic heterocycles. The molecule has 6 heteroatoms. The van der Waals surface area contributed by atoms with E-state index >= 15 is 0 Å². The summed E-state index contributed by atoms with van der Waals surface area (Å²) in [5.41, 5.74) is 1.03. The number of aromatic nitrogens is 1. The van der Waals surface area contributed by atoms with E-state index in [0.29, 0.717) is 36.0 Å². The highest BCUT2D eigenvalue weighted by atomic mass is 35.5. The molecule has 1 aromatic heterocycles. The van der Waals surface area contributed by atoms with Crippen molar-refractivity contribution in [2.45, 2.75) is 26.8 Å². The van der Waals surface area contributed by atoms with Gasteiger partial charge >= 0.3 is 0 Å². The quantitative estimate of drug-likeness (QED) is 0.796. The van der Waals surface area contributed by atoms with Crippen LogP contribution in [0, 0.1) is 0 Å².